The smallest absolute Gasteiger partial charge is 0.410 e. The van der Waals surface area contributed by atoms with E-state index in [9.17, 15) is 4.79 Å². The normalized spacial score (nSPS) is 20.4. The molecule has 0 spiro atoms. The van der Waals surface area contributed by atoms with Crippen LogP contribution in [0.15, 0.2) is 73.4 Å². The van der Waals surface area contributed by atoms with Crippen molar-refractivity contribution in [1.29, 1.82) is 0 Å². The van der Waals surface area contributed by atoms with E-state index in [1.807, 2.05) is 53.0 Å². The van der Waals surface area contributed by atoms with E-state index in [-0.39, 0.29) is 24.1 Å². The lowest BCUT2D eigenvalue weighted by Crippen LogP contribution is -2.46. The molecule has 1 aromatic carbocycles. The summed E-state index contributed by atoms with van der Waals surface area (Å²) in [5.74, 6) is 1.09. The minimum absolute atomic E-state index is 0.180. The number of pyridine rings is 1. The van der Waals surface area contributed by atoms with Crippen LogP contribution in [0.4, 0.5) is 4.79 Å². The number of piperidine rings is 1. The Morgan fingerprint density at radius 2 is 1.77 bits per heavy atom. The minimum atomic E-state index is -0.180. The van der Waals surface area contributed by atoms with Crippen LogP contribution in [0.2, 0.25) is 0 Å². The Kier molecular flexibility index (Phi) is 5.83. The van der Waals surface area contributed by atoms with Gasteiger partial charge in [-0.05, 0) is 62.4 Å². The lowest BCUT2D eigenvalue weighted by Gasteiger charge is -2.38. The number of benzene rings is 1. The van der Waals surface area contributed by atoms with Gasteiger partial charge in [-0.1, -0.05) is 18.2 Å². The number of nitrogens with one attached hydrogen (secondary N) is 1. The van der Waals surface area contributed by atoms with Gasteiger partial charge in [-0.2, -0.15) is 5.10 Å². The van der Waals surface area contributed by atoms with Crippen molar-refractivity contribution in [3.8, 4) is 33.8 Å². The number of aromatic amines is 1. The van der Waals surface area contributed by atoms with E-state index >= 15 is 0 Å². The zero-order chi connectivity index (χ0) is 26.3. The van der Waals surface area contributed by atoms with Gasteiger partial charge in [-0.15, -0.1) is 0 Å². The Hall–Kier alpha value is -4.53. The number of carbonyl (C=O) groups excluding carboxylic acids is 1. The molecule has 0 aliphatic carbocycles. The molecular weight excluding hydrogens is 490 g/mol. The first-order valence-corrected chi connectivity index (χ1v) is 13.5. The Labute approximate surface area is 225 Å². The highest BCUT2D eigenvalue weighted by atomic mass is 16.6. The van der Waals surface area contributed by atoms with Gasteiger partial charge in [0.05, 0.1) is 12.2 Å². The van der Waals surface area contributed by atoms with Gasteiger partial charge in [-0.3, -0.25) is 4.98 Å². The lowest BCUT2D eigenvalue weighted by atomic mass is 9.88. The Bertz CT molecular complexity index is 1620. The molecule has 9 heteroatoms. The van der Waals surface area contributed by atoms with Gasteiger partial charge in [0.2, 0.25) is 0 Å². The molecule has 196 valence electrons. The number of amides is 1. The molecule has 1 amide bonds. The summed E-state index contributed by atoms with van der Waals surface area (Å²) in [5.41, 5.74) is 6.78. The van der Waals surface area contributed by atoms with Crippen molar-refractivity contribution >= 4 is 11.7 Å². The van der Waals surface area contributed by atoms with Crippen LogP contribution in [-0.4, -0.2) is 59.2 Å². The number of nitrogens with zero attached hydrogens (tertiary/aromatic N) is 6. The van der Waals surface area contributed by atoms with Crippen molar-refractivity contribution in [2.45, 2.75) is 50.6 Å². The summed E-state index contributed by atoms with van der Waals surface area (Å²) in [7, 11) is 0. The van der Waals surface area contributed by atoms with E-state index in [0.717, 1.165) is 70.8 Å². The third-order valence-electron chi connectivity index (χ3n) is 8.05. The zero-order valence-corrected chi connectivity index (χ0v) is 21.7. The molecule has 0 saturated carbocycles. The summed E-state index contributed by atoms with van der Waals surface area (Å²) in [5, 5.41) is 5.18. The van der Waals surface area contributed by atoms with Crippen molar-refractivity contribution in [2.24, 2.45) is 0 Å². The highest BCUT2D eigenvalue weighted by Gasteiger charge is 2.45. The first-order valence-electron chi connectivity index (χ1n) is 13.5. The number of hydrogen-bond donors (Lipinski definition) is 1. The maximum atomic E-state index is 12.7. The molecule has 4 aromatic heterocycles. The van der Waals surface area contributed by atoms with E-state index in [1.54, 1.807) is 18.6 Å². The maximum Gasteiger partial charge on any atom is 0.410 e. The van der Waals surface area contributed by atoms with Gasteiger partial charge < -0.3 is 14.6 Å². The van der Waals surface area contributed by atoms with E-state index in [4.69, 9.17) is 14.8 Å². The summed E-state index contributed by atoms with van der Waals surface area (Å²) in [6.45, 7) is 2.26. The minimum Gasteiger partial charge on any atom is -0.450 e. The van der Waals surface area contributed by atoms with Crippen LogP contribution in [0.25, 0.3) is 39.4 Å². The molecule has 2 bridgehead atoms. The highest BCUT2D eigenvalue weighted by Crippen LogP contribution is 2.44. The Morgan fingerprint density at radius 3 is 2.51 bits per heavy atom. The number of carbonyl (C=O) groups is 1. The number of ether oxygens (including phenoxy) is 1. The van der Waals surface area contributed by atoms with Gasteiger partial charge in [0.15, 0.2) is 5.65 Å². The van der Waals surface area contributed by atoms with E-state index < -0.39 is 0 Å². The van der Waals surface area contributed by atoms with Crippen LogP contribution in [0, 0.1) is 0 Å². The molecule has 0 radical (unpaired) electrons. The third-order valence-corrected chi connectivity index (χ3v) is 8.05. The molecule has 39 heavy (non-hydrogen) atoms. The second-order valence-corrected chi connectivity index (χ2v) is 10.2. The van der Waals surface area contributed by atoms with E-state index in [2.05, 4.69) is 33.2 Å². The summed E-state index contributed by atoms with van der Waals surface area (Å²) >= 11 is 0. The van der Waals surface area contributed by atoms with Gasteiger partial charge in [0.1, 0.15) is 11.5 Å². The number of imidazole rings is 1. The number of H-pyrrole nitrogens is 1. The molecule has 2 saturated heterocycles. The lowest BCUT2D eigenvalue weighted by molar-refractivity contribution is 0.0685. The van der Waals surface area contributed by atoms with Gasteiger partial charge in [0.25, 0.3) is 0 Å². The summed E-state index contributed by atoms with van der Waals surface area (Å²) in [6.07, 6.45) is 12.7. The molecular formula is C30H29N7O2. The molecule has 1 N–H and O–H groups in total. The molecule has 2 aliphatic heterocycles. The third kappa shape index (κ3) is 4.05. The van der Waals surface area contributed by atoms with E-state index in [1.165, 1.54) is 0 Å². The van der Waals surface area contributed by atoms with Crippen molar-refractivity contribution < 1.29 is 9.53 Å². The first-order chi connectivity index (χ1) is 19.2. The molecule has 6 heterocycles. The number of hydrogen-bond acceptors (Lipinski definition) is 6. The molecule has 5 aromatic rings. The SMILES string of the molecule is CCOC(=O)N1C2CCC1CC(c1ccnc3c(-c4cccc(-c5ncc[nH]5)c4)c(-c4ccncc4)nn13)C2. The molecule has 2 fully saturated rings. The Morgan fingerprint density at radius 1 is 0.974 bits per heavy atom. The fourth-order valence-corrected chi connectivity index (χ4v) is 6.41. The highest BCUT2D eigenvalue weighted by molar-refractivity contribution is 5.91. The summed E-state index contributed by atoms with van der Waals surface area (Å²) in [6, 6.07) is 14.8. The molecule has 2 atom stereocenters. The van der Waals surface area contributed by atoms with Crippen LogP contribution in [0.5, 0.6) is 0 Å². The Balaban J connectivity index is 1.34. The predicted octanol–water partition coefficient (Wildman–Crippen LogP) is 5.72. The van der Waals surface area contributed by atoms with Crippen LogP contribution in [0.1, 0.15) is 44.2 Å². The standard InChI is InChI=1S/C30H29N7O2/c1-2-39-30(38)36-23-6-7-24(36)18-22(17-23)25-10-13-34-29-26(27(35-37(25)29)19-8-11-31-12-9-19)20-4-3-5-21(16-20)28-32-14-15-33-28/h3-5,8-16,22-24H,2,6-7,17-18H2,1H3,(H,32,33). The first kappa shape index (κ1) is 23.6. The quantitative estimate of drug-likeness (QED) is 0.319. The van der Waals surface area contributed by atoms with E-state index in [0.29, 0.717) is 6.61 Å². The number of rotatable bonds is 5. The van der Waals surface area contributed by atoms with Crippen LogP contribution in [0.3, 0.4) is 0 Å². The van der Waals surface area contributed by atoms with Crippen LogP contribution < -0.4 is 0 Å². The molecule has 7 rings (SSSR count). The fraction of sp³-hybridized carbons (Fsp3) is 0.300. The zero-order valence-electron chi connectivity index (χ0n) is 21.7. The molecule has 9 nitrogen and oxygen atoms in total. The van der Waals surface area contributed by atoms with Gasteiger partial charge >= 0.3 is 6.09 Å². The topological polar surface area (TPSA) is 101 Å². The average Bonchev–Trinajstić information content (AvgIpc) is 3.70. The van der Waals surface area contributed by atoms with Gasteiger partial charge in [0, 0.05) is 65.8 Å². The second-order valence-electron chi connectivity index (χ2n) is 10.2. The summed E-state index contributed by atoms with van der Waals surface area (Å²) in [4.78, 5) is 31.3. The van der Waals surface area contributed by atoms with Crippen molar-refractivity contribution in [2.75, 3.05) is 6.61 Å². The largest absolute Gasteiger partial charge is 0.450 e. The van der Waals surface area contributed by atoms with Gasteiger partial charge in [-0.25, -0.2) is 19.3 Å². The predicted molar refractivity (Wildman–Crippen MR) is 147 cm³/mol. The van der Waals surface area contributed by atoms with Crippen LogP contribution >= 0.6 is 0 Å². The number of aromatic nitrogens is 6. The van der Waals surface area contributed by atoms with Crippen LogP contribution in [-0.2, 0) is 4.74 Å². The molecule has 2 unspecified atom stereocenters. The molecule has 2 aliphatic rings. The number of fused-ring (bicyclic) bond motifs is 3. The summed E-state index contributed by atoms with van der Waals surface area (Å²) < 4.78 is 7.40. The second kappa shape index (κ2) is 9.65. The van der Waals surface area contributed by atoms with Crippen molar-refractivity contribution in [3.05, 3.63) is 79.1 Å². The van der Waals surface area contributed by atoms with Crippen molar-refractivity contribution in [1.82, 2.24) is 34.4 Å². The monoisotopic (exact) mass is 519 g/mol. The fourth-order valence-electron chi connectivity index (χ4n) is 6.41. The average molecular weight is 520 g/mol. The van der Waals surface area contributed by atoms with Crippen molar-refractivity contribution in [3.63, 3.8) is 0 Å². The maximum absolute atomic E-state index is 12.7.